The Kier molecular flexibility index (Phi) is 4.29. The lowest BCUT2D eigenvalue weighted by Gasteiger charge is -2.00. The van der Waals surface area contributed by atoms with Gasteiger partial charge in [-0.3, -0.25) is 4.79 Å². The van der Waals surface area contributed by atoms with Crippen LogP contribution in [0.25, 0.3) is 20.7 Å². The fraction of sp³-hybridized carbons (Fsp3) is 0.125. The molecule has 0 fully saturated rings. The van der Waals surface area contributed by atoms with Crippen LogP contribution in [0.5, 0.6) is 0 Å². The van der Waals surface area contributed by atoms with Crippen LogP contribution < -0.4 is 5.56 Å². The Morgan fingerprint density at radius 1 is 1.16 bits per heavy atom. The SMILES string of the molecule is O=c1[nH]c(CCn2nccn2)nc2cc(-c3ccc(Cl)cc3Cl)sc12. The zero-order chi connectivity index (χ0) is 17.4. The van der Waals surface area contributed by atoms with E-state index >= 15 is 0 Å². The summed E-state index contributed by atoms with van der Waals surface area (Å²) in [5, 5.41) is 9.19. The van der Waals surface area contributed by atoms with Gasteiger partial charge in [0.05, 0.1) is 29.5 Å². The van der Waals surface area contributed by atoms with Crippen LogP contribution in [0, 0.1) is 0 Å². The first-order valence-electron chi connectivity index (χ1n) is 7.42. The number of rotatable bonds is 4. The van der Waals surface area contributed by atoms with Gasteiger partial charge in [-0.2, -0.15) is 15.0 Å². The van der Waals surface area contributed by atoms with Crippen molar-refractivity contribution in [3.63, 3.8) is 0 Å². The summed E-state index contributed by atoms with van der Waals surface area (Å²) in [6, 6.07) is 7.17. The number of aromatic amines is 1. The molecule has 0 aliphatic carbocycles. The van der Waals surface area contributed by atoms with Gasteiger partial charge >= 0.3 is 0 Å². The number of H-pyrrole nitrogens is 1. The molecule has 4 rings (SSSR count). The molecule has 1 N–H and O–H groups in total. The number of aryl methyl sites for hydroxylation is 2. The van der Waals surface area contributed by atoms with Crippen LogP contribution in [0.4, 0.5) is 0 Å². The third-order valence-electron chi connectivity index (χ3n) is 3.64. The van der Waals surface area contributed by atoms with E-state index in [9.17, 15) is 4.79 Å². The summed E-state index contributed by atoms with van der Waals surface area (Å²) in [5.74, 6) is 0.598. The van der Waals surface area contributed by atoms with E-state index in [2.05, 4.69) is 20.2 Å². The maximum absolute atomic E-state index is 12.4. The van der Waals surface area contributed by atoms with Gasteiger partial charge in [-0.1, -0.05) is 29.3 Å². The first-order chi connectivity index (χ1) is 12.1. The molecule has 0 atom stereocenters. The number of halogens is 2. The molecular weight excluding hydrogens is 381 g/mol. The van der Waals surface area contributed by atoms with E-state index in [1.807, 2.05) is 12.1 Å². The molecule has 4 aromatic rings. The summed E-state index contributed by atoms with van der Waals surface area (Å²) >= 11 is 13.6. The fourth-order valence-electron chi connectivity index (χ4n) is 2.49. The summed E-state index contributed by atoms with van der Waals surface area (Å²) < 4.78 is 0.571. The van der Waals surface area contributed by atoms with Crippen LogP contribution in [-0.2, 0) is 13.0 Å². The van der Waals surface area contributed by atoms with Crippen molar-refractivity contribution < 1.29 is 0 Å². The first kappa shape index (κ1) is 16.3. The fourth-order valence-corrected chi connectivity index (χ4v) is 4.09. The van der Waals surface area contributed by atoms with Crippen LogP contribution in [0.3, 0.4) is 0 Å². The third-order valence-corrected chi connectivity index (χ3v) is 5.35. The van der Waals surface area contributed by atoms with E-state index in [-0.39, 0.29) is 5.56 Å². The maximum Gasteiger partial charge on any atom is 0.268 e. The molecule has 0 radical (unpaired) electrons. The van der Waals surface area contributed by atoms with E-state index in [0.717, 1.165) is 10.4 Å². The third kappa shape index (κ3) is 3.30. The molecule has 126 valence electrons. The second-order valence-electron chi connectivity index (χ2n) is 5.34. The normalized spacial score (nSPS) is 11.3. The molecule has 0 unspecified atom stereocenters. The lowest BCUT2D eigenvalue weighted by molar-refractivity contribution is 0.528. The molecule has 3 aromatic heterocycles. The topological polar surface area (TPSA) is 76.5 Å². The van der Waals surface area contributed by atoms with E-state index < -0.39 is 0 Å². The second-order valence-corrected chi connectivity index (χ2v) is 7.23. The molecule has 0 aliphatic rings. The standard InChI is InChI=1S/C16H11Cl2N5OS/c17-9-1-2-10(11(18)7-9)13-8-12-15(25-13)16(24)22-14(21-12)3-6-23-19-4-5-20-23/h1-2,4-5,7-8H,3,6H2,(H,21,22,24). The number of aromatic nitrogens is 5. The van der Waals surface area contributed by atoms with Gasteiger partial charge in [-0.25, -0.2) is 4.98 Å². The maximum atomic E-state index is 12.4. The number of thiophene rings is 1. The molecule has 6 nitrogen and oxygen atoms in total. The highest BCUT2D eigenvalue weighted by molar-refractivity contribution is 7.22. The average Bonchev–Trinajstić information content (AvgIpc) is 3.22. The summed E-state index contributed by atoms with van der Waals surface area (Å²) in [7, 11) is 0. The molecule has 0 spiro atoms. The van der Waals surface area contributed by atoms with Crippen molar-refractivity contribution in [1.82, 2.24) is 25.0 Å². The molecule has 0 amide bonds. The lowest BCUT2D eigenvalue weighted by atomic mass is 10.2. The zero-order valence-corrected chi connectivity index (χ0v) is 15.1. The van der Waals surface area contributed by atoms with Crippen molar-refractivity contribution >= 4 is 44.8 Å². The van der Waals surface area contributed by atoms with Gasteiger partial charge in [0.2, 0.25) is 0 Å². The molecule has 0 bridgehead atoms. The molecule has 3 heterocycles. The number of benzene rings is 1. The Balaban J connectivity index is 1.70. The van der Waals surface area contributed by atoms with Crippen LogP contribution in [0.2, 0.25) is 10.0 Å². The predicted molar refractivity (Wildman–Crippen MR) is 99.4 cm³/mol. The van der Waals surface area contributed by atoms with Crippen molar-refractivity contribution in [2.24, 2.45) is 0 Å². The largest absolute Gasteiger partial charge is 0.309 e. The van der Waals surface area contributed by atoms with Gasteiger partial charge in [-0.15, -0.1) is 11.3 Å². The van der Waals surface area contributed by atoms with Crippen molar-refractivity contribution in [2.45, 2.75) is 13.0 Å². The molecule has 0 aliphatic heterocycles. The van der Waals surface area contributed by atoms with E-state index in [0.29, 0.717) is 39.1 Å². The van der Waals surface area contributed by atoms with Crippen LogP contribution in [-0.4, -0.2) is 25.0 Å². The minimum Gasteiger partial charge on any atom is -0.309 e. The molecule has 9 heteroatoms. The zero-order valence-electron chi connectivity index (χ0n) is 12.7. The minimum absolute atomic E-state index is 0.158. The van der Waals surface area contributed by atoms with E-state index in [1.54, 1.807) is 29.3 Å². The molecule has 1 aromatic carbocycles. The Bertz CT molecular complexity index is 1100. The highest BCUT2D eigenvalue weighted by atomic mass is 35.5. The van der Waals surface area contributed by atoms with Crippen LogP contribution >= 0.6 is 34.5 Å². The Labute approximate surface area is 156 Å². The van der Waals surface area contributed by atoms with Gasteiger partial charge in [0.25, 0.3) is 5.56 Å². The summed E-state index contributed by atoms with van der Waals surface area (Å²) in [4.78, 5) is 22.2. The smallest absolute Gasteiger partial charge is 0.268 e. The monoisotopic (exact) mass is 391 g/mol. The van der Waals surface area contributed by atoms with E-state index in [4.69, 9.17) is 23.2 Å². The Morgan fingerprint density at radius 3 is 2.72 bits per heavy atom. The number of nitrogens with one attached hydrogen (secondary N) is 1. The minimum atomic E-state index is -0.158. The number of hydrogen-bond donors (Lipinski definition) is 1. The summed E-state index contributed by atoms with van der Waals surface area (Å²) in [5.41, 5.74) is 1.32. The molecule has 0 saturated carbocycles. The van der Waals surface area contributed by atoms with Gasteiger partial charge in [0.1, 0.15) is 10.5 Å². The first-order valence-corrected chi connectivity index (χ1v) is 8.99. The van der Waals surface area contributed by atoms with Crippen molar-refractivity contribution in [3.8, 4) is 10.4 Å². The van der Waals surface area contributed by atoms with Crippen molar-refractivity contribution in [3.05, 3.63) is 62.9 Å². The van der Waals surface area contributed by atoms with Gasteiger partial charge in [0, 0.05) is 21.9 Å². The molecular formula is C16H11Cl2N5OS. The number of nitrogens with zero attached hydrogens (tertiary/aromatic N) is 4. The predicted octanol–water partition coefficient (Wildman–Crippen LogP) is 3.79. The van der Waals surface area contributed by atoms with Crippen LogP contribution in [0.15, 0.2) is 41.5 Å². The van der Waals surface area contributed by atoms with Crippen molar-refractivity contribution in [1.29, 1.82) is 0 Å². The van der Waals surface area contributed by atoms with Crippen molar-refractivity contribution in [2.75, 3.05) is 0 Å². The Morgan fingerprint density at radius 2 is 1.96 bits per heavy atom. The van der Waals surface area contributed by atoms with Gasteiger partial charge in [-0.05, 0) is 18.2 Å². The number of hydrogen-bond acceptors (Lipinski definition) is 5. The summed E-state index contributed by atoms with van der Waals surface area (Å²) in [6.07, 6.45) is 3.76. The van der Waals surface area contributed by atoms with Gasteiger partial charge < -0.3 is 4.98 Å². The highest BCUT2D eigenvalue weighted by Gasteiger charge is 2.13. The Hall–Kier alpha value is -2.22. The van der Waals surface area contributed by atoms with Gasteiger partial charge in [0.15, 0.2) is 0 Å². The second kappa shape index (κ2) is 6.59. The summed E-state index contributed by atoms with van der Waals surface area (Å²) in [6.45, 7) is 0.543. The molecule has 25 heavy (non-hydrogen) atoms. The average molecular weight is 392 g/mol. The van der Waals surface area contributed by atoms with Crippen LogP contribution in [0.1, 0.15) is 5.82 Å². The highest BCUT2D eigenvalue weighted by Crippen LogP contribution is 2.36. The van der Waals surface area contributed by atoms with E-state index in [1.165, 1.54) is 11.3 Å². The lowest BCUT2D eigenvalue weighted by Crippen LogP contribution is -2.13. The quantitative estimate of drug-likeness (QED) is 0.573. The molecule has 0 saturated heterocycles. The number of fused-ring (bicyclic) bond motifs is 1.